The number of thiophene rings is 1. The minimum atomic E-state index is -0.630. The van der Waals surface area contributed by atoms with Gasteiger partial charge in [-0.05, 0) is 29.3 Å². The number of carbonyl (C=O) groups is 1. The number of hydrogen-bond acceptors (Lipinski definition) is 3. The largest absolute Gasteiger partial charge is 0.497 e. The predicted molar refractivity (Wildman–Crippen MR) is 97.8 cm³/mol. The maximum Gasteiger partial charge on any atom is 0.225 e. The van der Waals surface area contributed by atoms with Gasteiger partial charge in [-0.1, -0.05) is 18.2 Å². The number of amides is 1. The summed E-state index contributed by atoms with van der Waals surface area (Å²) in [7, 11) is 1.60. The summed E-state index contributed by atoms with van der Waals surface area (Å²) in [4.78, 5) is 13.1. The van der Waals surface area contributed by atoms with Crippen molar-refractivity contribution in [2.24, 2.45) is 0 Å². The second-order valence-electron chi connectivity index (χ2n) is 6.09. The number of ether oxygens (including phenoxy) is 1. The fraction of sp³-hybridized carbons (Fsp3) is 0.150. The van der Waals surface area contributed by atoms with Crippen molar-refractivity contribution in [3.63, 3.8) is 0 Å². The van der Waals surface area contributed by atoms with Crippen LogP contribution in [0.2, 0.25) is 0 Å². The molecule has 26 heavy (non-hydrogen) atoms. The van der Waals surface area contributed by atoms with Crippen molar-refractivity contribution < 1.29 is 18.3 Å². The van der Waals surface area contributed by atoms with E-state index >= 15 is 0 Å². The Morgan fingerprint density at radius 2 is 1.92 bits per heavy atom. The predicted octanol–water partition coefficient (Wildman–Crippen LogP) is 5.18. The Labute approximate surface area is 153 Å². The molecule has 1 atom stereocenters. The average molecular weight is 371 g/mol. The molecule has 0 saturated heterocycles. The molecule has 3 aromatic rings. The lowest BCUT2D eigenvalue weighted by atomic mass is 9.89. The zero-order chi connectivity index (χ0) is 18.3. The monoisotopic (exact) mass is 371 g/mol. The van der Waals surface area contributed by atoms with E-state index in [0.29, 0.717) is 11.3 Å². The van der Waals surface area contributed by atoms with Crippen molar-refractivity contribution in [3.05, 3.63) is 69.9 Å². The number of methoxy groups -OCH3 is 1. The van der Waals surface area contributed by atoms with Crippen LogP contribution in [0.4, 0.5) is 14.5 Å². The van der Waals surface area contributed by atoms with Crippen LogP contribution in [0.5, 0.6) is 5.75 Å². The van der Waals surface area contributed by atoms with Gasteiger partial charge >= 0.3 is 0 Å². The minimum absolute atomic E-state index is 0.137. The van der Waals surface area contributed by atoms with E-state index in [2.05, 4.69) is 5.32 Å². The normalized spacial score (nSPS) is 16.1. The highest BCUT2D eigenvalue weighted by molar-refractivity contribution is 7.11. The highest BCUT2D eigenvalue weighted by atomic mass is 32.1. The summed E-state index contributed by atoms with van der Waals surface area (Å²) in [6.45, 7) is 0. The SMILES string of the molecule is COc1ccc(-c2csc3c2NC(=O)CC3c2ccc(F)cc2F)cc1. The zero-order valence-corrected chi connectivity index (χ0v) is 14.7. The lowest BCUT2D eigenvalue weighted by molar-refractivity contribution is -0.116. The van der Waals surface area contributed by atoms with E-state index in [4.69, 9.17) is 4.74 Å². The van der Waals surface area contributed by atoms with E-state index in [1.54, 1.807) is 7.11 Å². The maximum absolute atomic E-state index is 14.3. The molecular weight excluding hydrogens is 356 g/mol. The Morgan fingerprint density at radius 3 is 2.62 bits per heavy atom. The molecule has 4 rings (SSSR count). The molecule has 2 heterocycles. The van der Waals surface area contributed by atoms with E-state index in [0.717, 1.165) is 27.8 Å². The smallest absolute Gasteiger partial charge is 0.225 e. The van der Waals surface area contributed by atoms with Gasteiger partial charge < -0.3 is 10.1 Å². The van der Waals surface area contributed by atoms with Crippen LogP contribution in [0.3, 0.4) is 0 Å². The van der Waals surface area contributed by atoms with Gasteiger partial charge in [-0.25, -0.2) is 8.78 Å². The number of rotatable bonds is 3. The van der Waals surface area contributed by atoms with Gasteiger partial charge in [0.1, 0.15) is 17.4 Å². The highest BCUT2D eigenvalue weighted by Crippen LogP contribution is 2.47. The summed E-state index contributed by atoms with van der Waals surface area (Å²) in [5, 5.41) is 4.86. The molecule has 1 aromatic heterocycles. The average Bonchev–Trinajstić information content (AvgIpc) is 3.05. The van der Waals surface area contributed by atoms with E-state index in [9.17, 15) is 13.6 Å². The van der Waals surface area contributed by atoms with Crippen LogP contribution in [0.25, 0.3) is 11.1 Å². The molecule has 0 saturated carbocycles. The van der Waals surface area contributed by atoms with Crippen molar-refractivity contribution in [2.45, 2.75) is 12.3 Å². The Kier molecular flexibility index (Phi) is 4.20. The molecular formula is C20H15F2NO2S. The Bertz CT molecular complexity index is 982. The van der Waals surface area contributed by atoms with Crippen molar-refractivity contribution in [1.29, 1.82) is 0 Å². The fourth-order valence-corrected chi connectivity index (χ4v) is 4.40. The lowest BCUT2D eigenvalue weighted by Crippen LogP contribution is -2.23. The first-order chi connectivity index (χ1) is 12.6. The first kappa shape index (κ1) is 16.7. The quantitative estimate of drug-likeness (QED) is 0.689. The molecule has 1 unspecified atom stereocenters. The van der Waals surface area contributed by atoms with E-state index in [1.165, 1.54) is 23.5 Å². The third-order valence-corrected chi connectivity index (χ3v) is 5.62. The first-order valence-electron chi connectivity index (χ1n) is 8.07. The van der Waals surface area contributed by atoms with Gasteiger partial charge in [-0.2, -0.15) is 0 Å². The molecule has 0 bridgehead atoms. The number of nitrogens with one attached hydrogen (secondary N) is 1. The molecule has 1 N–H and O–H groups in total. The van der Waals surface area contributed by atoms with Crippen molar-refractivity contribution in [2.75, 3.05) is 12.4 Å². The molecule has 0 radical (unpaired) electrons. The van der Waals surface area contributed by atoms with Crippen molar-refractivity contribution >= 4 is 22.9 Å². The molecule has 1 aliphatic rings. The van der Waals surface area contributed by atoms with Crippen LogP contribution in [-0.4, -0.2) is 13.0 Å². The van der Waals surface area contributed by atoms with Crippen LogP contribution < -0.4 is 10.1 Å². The molecule has 6 heteroatoms. The third kappa shape index (κ3) is 2.86. The fourth-order valence-electron chi connectivity index (χ4n) is 3.25. The zero-order valence-electron chi connectivity index (χ0n) is 13.9. The van der Waals surface area contributed by atoms with Crippen LogP contribution in [-0.2, 0) is 4.79 Å². The summed E-state index contributed by atoms with van der Waals surface area (Å²) < 4.78 is 32.7. The van der Waals surface area contributed by atoms with Gasteiger partial charge in [-0.15, -0.1) is 11.3 Å². The van der Waals surface area contributed by atoms with E-state index in [-0.39, 0.29) is 12.3 Å². The van der Waals surface area contributed by atoms with Gasteiger partial charge in [0.2, 0.25) is 5.91 Å². The number of benzene rings is 2. The van der Waals surface area contributed by atoms with Gasteiger partial charge in [0.05, 0.1) is 12.8 Å². The number of fused-ring (bicyclic) bond motifs is 1. The highest BCUT2D eigenvalue weighted by Gasteiger charge is 2.32. The summed E-state index contributed by atoms with van der Waals surface area (Å²) >= 11 is 1.47. The molecule has 0 fully saturated rings. The Morgan fingerprint density at radius 1 is 1.15 bits per heavy atom. The van der Waals surface area contributed by atoms with Gasteiger partial charge in [0.25, 0.3) is 0 Å². The molecule has 0 aliphatic carbocycles. The van der Waals surface area contributed by atoms with Gasteiger partial charge in [0, 0.05) is 34.2 Å². The molecule has 3 nitrogen and oxygen atoms in total. The summed E-state index contributed by atoms with van der Waals surface area (Å²) in [5.74, 6) is -1.12. The van der Waals surface area contributed by atoms with Crippen LogP contribution >= 0.6 is 11.3 Å². The second kappa shape index (κ2) is 6.53. The maximum atomic E-state index is 14.3. The Hall–Kier alpha value is -2.73. The number of carbonyl (C=O) groups excluding carboxylic acids is 1. The van der Waals surface area contributed by atoms with Gasteiger partial charge in [-0.3, -0.25) is 4.79 Å². The lowest BCUT2D eigenvalue weighted by Gasteiger charge is -2.24. The number of hydrogen-bond donors (Lipinski definition) is 1. The van der Waals surface area contributed by atoms with Crippen molar-refractivity contribution in [3.8, 4) is 16.9 Å². The first-order valence-corrected chi connectivity index (χ1v) is 8.95. The van der Waals surface area contributed by atoms with Crippen LogP contribution in [0, 0.1) is 11.6 Å². The molecule has 1 amide bonds. The van der Waals surface area contributed by atoms with Crippen LogP contribution in [0.15, 0.2) is 47.8 Å². The summed E-state index contributed by atoms with van der Waals surface area (Å²) in [5.41, 5.74) is 2.85. The van der Waals surface area contributed by atoms with E-state index in [1.807, 2.05) is 29.6 Å². The molecule has 132 valence electrons. The van der Waals surface area contributed by atoms with Crippen LogP contribution in [0.1, 0.15) is 22.8 Å². The minimum Gasteiger partial charge on any atom is -0.497 e. The number of halogens is 2. The number of anilines is 1. The van der Waals surface area contributed by atoms with Crippen molar-refractivity contribution in [1.82, 2.24) is 0 Å². The summed E-state index contributed by atoms with van der Waals surface area (Å²) in [6, 6.07) is 11.0. The topological polar surface area (TPSA) is 38.3 Å². The molecule has 2 aromatic carbocycles. The Balaban J connectivity index is 1.79. The molecule has 1 aliphatic heterocycles. The van der Waals surface area contributed by atoms with Gasteiger partial charge in [0.15, 0.2) is 0 Å². The molecule has 0 spiro atoms. The third-order valence-electron chi connectivity index (χ3n) is 4.53. The second-order valence-corrected chi connectivity index (χ2v) is 7.00. The standard InChI is InChI=1S/C20H15F2NO2S/c1-25-13-5-2-11(3-6-13)16-10-26-20-15(9-18(24)23-19(16)20)14-7-4-12(21)8-17(14)22/h2-8,10,15H,9H2,1H3,(H,23,24). The van der Waals surface area contributed by atoms with E-state index < -0.39 is 17.6 Å². The summed E-state index contributed by atoms with van der Waals surface area (Å²) in [6.07, 6.45) is 0.137.